The number of carbonyl (C=O) groups excluding carboxylic acids is 1. The van der Waals surface area contributed by atoms with Gasteiger partial charge in [0, 0.05) is 30.7 Å². The van der Waals surface area contributed by atoms with Gasteiger partial charge >= 0.3 is 0 Å². The molecule has 1 atom stereocenters. The summed E-state index contributed by atoms with van der Waals surface area (Å²) in [6.45, 7) is 6.53. The van der Waals surface area contributed by atoms with Gasteiger partial charge in [0.25, 0.3) is 0 Å². The first-order valence-electron chi connectivity index (χ1n) is 6.37. The molecular formula is C15H22ClNO2. The molecule has 0 saturated heterocycles. The fourth-order valence-corrected chi connectivity index (χ4v) is 2.06. The van der Waals surface area contributed by atoms with Crippen LogP contribution in [0.1, 0.15) is 38.9 Å². The van der Waals surface area contributed by atoms with Crippen molar-refractivity contribution in [3.63, 3.8) is 0 Å². The Balaban J connectivity index is 2.59. The highest BCUT2D eigenvalue weighted by Crippen LogP contribution is 2.24. The van der Waals surface area contributed by atoms with E-state index in [1.54, 1.807) is 7.11 Å². The van der Waals surface area contributed by atoms with Crippen LogP contribution in [0.2, 0.25) is 5.02 Å². The van der Waals surface area contributed by atoms with E-state index in [4.69, 9.17) is 16.3 Å². The maximum Gasteiger partial charge on any atom is 0.220 e. The van der Waals surface area contributed by atoms with E-state index in [1.807, 2.05) is 45.0 Å². The van der Waals surface area contributed by atoms with Gasteiger partial charge in [-0.1, -0.05) is 50.6 Å². The Bertz CT molecular complexity index is 426. The van der Waals surface area contributed by atoms with Crippen molar-refractivity contribution in [3.8, 4) is 0 Å². The summed E-state index contributed by atoms with van der Waals surface area (Å²) < 4.78 is 5.40. The second-order valence-corrected chi connectivity index (χ2v) is 6.19. The molecule has 0 aliphatic rings. The van der Waals surface area contributed by atoms with Crippen LogP contribution in [0.5, 0.6) is 0 Å². The summed E-state index contributed by atoms with van der Waals surface area (Å²) in [6.07, 6.45) is 0.268. The molecule has 1 unspecified atom stereocenters. The molecule has 106 valence electrons. The molecule has 0 bridgehead atoms. The zero-order chi connectivity index (χ0) is 14.5. The molecule has 0 heterocycles. The lowest BCUT2D eigenvalue weighted by Gasteiger charge is -2.20. The second-order valence-electron chi connectivity index (χ2n) is 5.79. The Morgan fingerprint density at radius 2 is 2.00 bits per heavy atom. The predicted octanol–water partition coefficient (Wildman–Crippen LogP) is 3.58. The third-order valence-electron chi connectivity index (χ3n) is 2.71. The Morgan fingerprint density at radius 3 is 2.53 bits per heavy atom. The molecule has 0 spiro atoms. The number of methoxy groups -OCH3 is 1. The van der Waals surface area contributed by atoms with Gasteiger partial charge in [0.15, 0.2) is 0 Å². The summed E-state index contributed by atoms with van der Waals surface area (Å²) in [6, 6.07) is 7.51. The van der Waals surface area contributed by atoms with Crippen LogP contribution in [-0.4, -0.2) is 19.6 Å². The van der Waals surface area contributed by atoms with E-state index in [1.165, 1.54) is 0 Å². The molecule has 1 aromatic rings. The topological polar surface area (TPSA) is 38.3 Å². The molecule has 1 rings (SSSR count). The lowest BCUT2D eigenvalue weighted by Crippen LogP contribution is -2.31. The summed E-state index contributed by atoms with van der Waals surface area (Å²) in [4.78, 5) is 11.8. The fraction of sp³-hybridized carbons (Fsp3) is 0.533. The van der Waals surface area contributed by atoms with Crippen molar-refractivity contribution >= 4 is 17.5 Å². The molecule has 0 aromatic heterocycles. The van der Waals surface area contributed by atoms with Gasteiger partial charge in [-0.15, -0.1) is 0 Å². The largest absolute Gasteiger partial charge is 0.375 e. The molecule has 0 aliphatic carbocycles. The number of hydrogen-bond donors (Lipinski definition) is 1. The summed E-state index contributed by atoms with van der Waals surface area (Å²) in [5, 5.41) is 3.55. The number of hydrogen-bond acceptors (Lipinski definition) is 2. The van der Waals surface area contributed by atoms with Crippen LogP contribution in [0, 0.1) is 5.41 Å². The van der Waals surface area contributed by atoms with Crippen LogP contribution in [0.4, 0.5) is 0 Å². The Morgan fingerprint density at radius 1 is 1.37 bits per heavy atom. The van der Waals surface area contributed by atoms with E-state index in [0.717, 1.165) is 5.56 Å². The average molecular weight is 284 g/mol. The summed E-state index contributed by atoms with van der Waals surface area (Å²) in [5.41, 5.74) is 0.875. The number of halogens is 1. The van der Waals surface area contributed by atoms with Crippen LogP contribution in [-0.2, 0) is 9.53 Å². The van der Waals surface area contributed by atoms with Crippen LogP contribution in [0.15, 0.2) is 24.3 Å². The Hall–Kier alpha value is -1.06. The molecule has 1 aromatic carbocycles. The lowest BCUT2D eigenvalue weighted by atomic mass is 9.92. The van der Waals surface area contributed by atoms with E-state index >= 15 is 0 Å². The van der Waals surface area contributed by atoms with Crippen molar-refractivity contribution in [2.45, 2.75) is 33.3 Å². The standard InChI is InChI=1S/C15H22ClNO2/c1-15(2,3)9-14(18)17-10-13(19-4)11-7-5-6-8-12(11)16/h5-8,13H,9-10H2,1-4H3,(H,17,18). The number of rotatable bonds is 5. The highest BCUT2D eigenvalue weighted by molar-refractivity contribution is 6.31. The predicted molar refractivity (Wildman–Crippen MR) is 78.3 cm³/mol. The molecule has 0 radical (unpaired) electrons. The maximum atomic E-state index is 11.8. The first-order chi connectivity index (χ1) is 8.83. The van der Waals surface area contributed by atoms with E-state index in [9.17, 15) is 4.79 Å². The van der Waals surface area contributed by atoms with Crippen LogP contribution in [0.25, 0.3) is 0 Å². The van der Waals surface area contributed by atoms with Crippen molar-refractivity contribution in [2.24, 2.45) is 5.41 Å². The van der Waals surface area contributed by atoms with E-state index in [-0.39, 0.29) is 17.4 Å². The van der Waals surface area contributed by atoms with Crippen molar-refractivity contribution < 1.29 is 9.53 Å². The van der Waals surface area contributed by atoms with Crippen molar-refractivity contribution in [1.82, 2.24) is 5.32 Å². The van der Waals surface area contributed by atoms with Gasteiger partial charge in [0.05, 0.1) is 0 Å². The number of nitrogens with one attached hydrogen (secondary N) is 1. The molecule has 0 fully saturated rings. The van der Waals surface area contributed by atoms with Gasteiger partial charge in [-0.05, 0) is 11.5 Å². The van der Waals surface area contributed by atoms with E-state index < -0.39 is 0 Å². The molecular weight excluding hydrogens is 262 g/mol. The Labute approximate surface area is 120 Å². The SMILES string of the molecule is COC(CNC(=O)CC(C)(C)C)c1ccccc1Cl. The molecule has 4 heteroatoms. The monoisotopic (exact) mass is 283 g/mol. The lowest BCUT2D eigenvalue weighted by molar-refractivity contribution is -0.123. The van der Waals surface area contributed by atoms with Crippen molar-refractivity contribution in [1.29, 1.82) is 0 Å². The third kappa shape index (κ3) is 5.62. The number of carbonyl (C=O) groups is 1. The van der Waals surface area contributed by atoms with Crippen molar-refractivity contribution in [2.75, 3.05) is 13.7 Å². The van der Waals surface area contributed by atoms with Crippen LogP contribution in [0.3, 0.4) is 0 Å². The smallest absolute Gasteiger partial charge is 0.220 e. The minimum Gasteiger partial charge on any atom is -0.375 e. The summed E-state index contributed by atoms with van der Waals surface area (Å²) in [7, 11) is 1.61. The molecule has 1 amide bonds. The minimum absolute atomic E-state index is 0.0168. The van der Waals surface area contributed by atoms with Gasteiger partial charge in [-0.25, -0.2) is 0 Å². The summed E-state index contributed by atoms with van der Waals surface area (Å²) in [5.74, 6) is 0.0293. The zero-order valence-corrected chi connectivity index (χ0v) is 12.8. The molecule has 3 nitrogen and oxygen atoms in total. The zero-order valence-electron chi connectivity index (χ0n) is 12.0. The first-order valence-corrected chi connectivity index (χ1v) is 6.75. The van der Waals surface area contributed by atoms with E-state index in [0.29, 0.717) is 18.0 Å². The molecule has 0 aliphatic heterocycles. The number of amides is 1. The average Bonchev–Trinajstić information content (AvgIpc) is 2.29. The van der Waals surface area contributed by atoms with Gasteiger partial charge in [0.2, 0.25) is 5.91 Å². The highest BCUT2D eigenvalue weighted by Gasteiger charge is 2.18. The number of ether oxygens (including phenoxy) is 1. The summed E-state index contributed by atoms with van der Waals surface area (Å²) >= 11 is 6.13. The van der Waals surface area contributed by atoms with Gasteiger partial charge in [-0.3, -0.25) is 4.79 Å². The van der Waals surface area contributed by atoms with Crippen LogP contribution < -0.4 is 5.32 Å². The minimum atomic E-state index is -0.224. The van der Waals surface area contributed by atoms with E-state index in [2.05, 4.69) is 5.32 Å². The maximum absolute atomic E-state index is 11.8. The van der Waals surface area contributed by atoms with Crippen molar-refractivity contribution in [3.05, 3.63) is 34.9 Å². The second kappa shape index (κ2) is 6.92. The molecule has 1 N–H and O–H groups in total. The van der Waals surface area contributed by atoms with Gasteiger partial charge < -0.3 is 10.1 Å². The van der Waals surface area contributed by atoms with Gasteiger partial charge in [0.1, 0.15) is 6.10 Å². The van der Waals surface area contributed by atoms with Gasteiger partial charge in [-0.2, -0.15) is 0 Å². The third-order valence-corrected chi connectivity index (χ3v) is 3.06. The highest BCUT2D eigenvalue weighted by atomic mass is 35.5. The molecule has 0 saturated carbocycles. The first kappa shape index (κ1) is 16.0. The Kier molecular flexibility index (Phi) is 5.83. The normalized spacial score (nSPS) is 13.1. The number of benzene rings is 1. The quantitative estimate of drug-likeness (QED) is 0.897. The fourth-order valence-electron chi connectivity index (χ4n) is 1.81. The molecule has 19 heavy (non-hydrogen) atoms. The van der Waals surface area contributed by atoms with Crippen LogP contribution >= 0.6 is 11.6 Å².